The third-order valence-electron chi connectivity index (χ3n) is 5.07. The molecule has 1 aromatic carbocycles. The number of aryl methyl sites for hydroxylation is 1. The first-order valence-electron chi connectivity index (χ1n) is 9.43. The molecule has 9 heteroatoms. The Balaban J connectivity index is 1.65. The highest BCUT2D eigenvalue weighted by Crippen LogP contribution is 2.24. The predicted octanol–water partition coefficient (Wildman–Crippen LogP) is 2.69. The van der Waals surface area contributed by atoms with Crippen LogP contribution in [0.3, 0.4) is 0 Å². The van der Waals surface area contributed by atoms with E-state index in [-0.39, 0.29) is 35.2 Å². The number of aromatic nitrogens is 3. The summed E-state index contributed by atoms with van der Waals surface area (Å²) >= 11 is 1.27. The van der Waals surface area contributed by atoms with Gasteiger partial charge < -0.3 is 4.90 Å². The maximum atomic E-state index is 12.9. The van der Waals surface area contributed by atoms with E-state index in [0.29, 0.717) is 17.4 Å². The van der Waals surface area contributed by atoms with E-state index in [4.69, 9.17) is 0 Å². The van der Waals surface area contributed by atoms with Gasteiger partial charge in [0.15, 0.2) is 15.7 Å². The molecule has 1 amide bonds. The Morgan fingerprint density at radius 1 is 1.36 bits per heavy atom. The zero-order chi connectivity index (χ0) is 20.3. The van der Waals surface area contributed by atoms with E-state index >= 15 is 0 Å². The molecule has 0 aliphatic carbocycles. The van der Waals surface area contributed by atoms with Gasteiger partial charge in [-0.15, -0.1) is 5.10 Å². The van der Waals surface area contributed by atoms with Gasteiger partial charge in [0.2, 0.25) is 11.1 Å². The van der Waals surface area contributed by atoms with Gasteiger partial charge in [0.1, 0.15) is 0 Å². The Kier molecular flexibility index (Phi) is 6.44. The van der Waals surface area contributed by atoms with Crippen molar-refractivity contribution in [1.82, 2.24) is 20.1 Å². The van der Waals surface area contributed by atoms with E-state index < -0.39 is 9.84 Å². The lowest BCUT2D eigenvalue weighted by Crippen LogP contribution is -2.47. The van der Waals surface area contributed by atoms with Crippen molar-refractivity contribution < 1.29 is 13.2 Å². The van der Waals surface area contributed by atoms with Gasteiger partial charge in [-0.2, -0.15) is 0 Å². The maximum absolute atomic E-state index is 12.9. The molecule has 2 aromatic rings. The molecule has 1 aliphatic rings. The zero-order valence-corrected chi connectivity index (χ0v) is 18.0. The predicted molar refractivity (Wildman–Crippen MR) is 111 cm³/mol. The number of H-pyrrole nitrogens is 1. The molecule has 3 rings (SSSR count). The standard InChI is InChI=1S/C19H26N4O3S2/c1-4-14(3)23(16-9-10-28(25,26)12-16)17(24)11-27-19-20-18(21-22-19)15-7-5-13(2)6-8-15/h5-8,14,16H,4,9-12H2,1-3H3,(H,20,21,22)/t14-,16+/m0/s1. The second-order valence-corrected chi connectivity index (χ2v) is 10.4. The molecular formula is C19H26N4O3S2. The minimum absolute atomic E-state index is 0.00154. The van der Waals surface area contributed by atoms with Gasteiger partial charge in [0.25, 0.3) is 0 Å². The molecule has 0 bridgehead atoms. The smallest absolute Gasteiger partial charge is 0.233 e. The molecular weight excluding hydrogens is 396 g/mol. The molecule has 1 fully saturated rings. The van der Waals surface area contributed by atoms with E-state index in [1.165, 1.54) is 17.3 Å². The topological polar surface area (TPSA) is 96.0 Å². The highest BCUT2D eigenvalue weighted by molar-refractivity contribution is 7.99. The molecule has 1 saturated heterocycles. The fraction of sp³-hybridized carbons (Fsp3) is 0.526. The maximum Gasteiger partial charge on any atom is 0.233 e. The van der Waals surface area contributed by atoms with Gasteiger partial charge >= 0.3 is 0 Å². The van der Waals surface area contributed by atoms with E-state index in [0.717, 1.165) is 12.0 Å². The van der Waals surface area contributed by atoms with Crippen LogP contribution in [0.5, 0.6) is 0 Å². The fourth-order valence-electron chi connectivity index (χ4n) is 3.35. The number of sulfone groups is 1. The van der Waals surface area contributed by atoms with Crippen molar-refractivity contribution in [3.8, 4) is 11.4 Å². The molecule has 2 atom stereocenters. The molecule has 0 spiro atoms. The van der Waals surface area contributed by atoms with E-state index in [1.807, 2.05) is 45.0 Å². The zero-order valence-electron chi connectivity index (χ0n) is 16.4. The van der Waals surface area contributed by atoms with Crippen molar-refractivity contribution in [1.29, 1.82) is 0 Å². The van der Waals surface area contributed by atoms with Gasteiger partial charge in [-0.1, -0.05) is 48.5 Å². The molecule has 0 saturated carbocycles. The van der Waals surface area contributed by atoms with Crippen molar-refractivity contribution in [2.24, 2.45) is 0 Å². The van der Waals surface area contributed by atoms with Crippen LogP contribution in [-0.4, -0.2) is 63.7 Å². The molecule has 1 aromatic heterocycles. The van der Waals surface area contributed by atoms with Crippen LogP contribution >= 0.6 is 11.8 Å². The first kappa shape index (κ1) is 20.9. The van der Waals surface area contributed by atoms with Crippen molar-refractivity contribution in [3.05, 3.63) is 29.8 Å². The number of nitrogens with one attached hydrogen (secondary N) is 1. The Hall–Kier alpha value is -1.87. The van der Waals surface area contributed by atoms with Gasteiger partial charge in [0, 0.05) is 17.6 Å². The number of carbonyl (C=O) groups excluding carboxylic acids is 1. The van der Waals surface area contributed by atoms with Crippen LogP contribution in [0, 0.1) is 6.92 Å². The normalized spacial score (nSPS) is 19.5. The van der Waals surface area contributed by atoms with Crippen LogP contribution < -0.4 is 0 Å². The summed E-state index contributed by atoms with van der Waals surface area (Å²) in [4.78, 5) is 19.1. The summed E-state index contributed by atoms with van der Waals surface area (Å²) in [6, 6.07) is 7.73. The third-order valence-corrected chi connectivity index (χ3v) is 7.65. The largest absolute Gasteiger partial charge is 0.335 e. The average Bonchev–Trinajstić information content (AvgIpc) is 3.27. The van der Waals surface area contributed by atoms with Crippen LogP contribution in [0.2, 0.25) is 0 Å². The lowest BCUT2D eigenvalue weighted by Gasteiger charge is -2.33. The number of amides is 1. The second-order valence-electron chi connectivity index (χ2n) is 7.24. The minimum Gasteiger partial charge on any atom is -0.335 e. The molecule has 1 aliphatic heterocycles. The summed E-state index contributed by atoms with van der Waals surface area (Å²) in [6.45, 7) is 6.00. The molecule has 1 N–H and O–H groups in total. The van der Waals surface area contributed by atoms with Crippen LogP contribution in [0.1, 0.15) is 32.3 Å². The SMILES string of the molecule is CC[C@H](C)N(C(=O)CSc1n[nH]c(-c2ccc(C)cc2)n1)[C@@H]1CCS(=O)(=O)C1. The van der Waals surface area contributed by atoms with Crippen molar-refractivity contribution in [2.45, 2.75) is 50.9 Å². The van der Waals surface area contributed by atoms with E-state index in [1.54, 1.807) is 4.90 Å². The fourth-order valence-corrected chi connectivity index (χ4v) is 5.73. The number of thioether (sulfide) groups is 1. The van der Waals surface area contributed by atoms with E-state index in [9.17, 15) is 13.2 Å². The number of aromatic amines is 1. The lowest BCUT2D eigenvalue weighted by molar-refractivity contribution is -0.132. The highest BCUT2D eigenvalue weighted by atomic mass is 32.2. The monoisotopic (exact) mass is 422 g/mol. The summed E-state index contributed by atoms with van der Waals surface area (Å²) in [5.41, 5.74) is 2.11. The first-order valence-corrected chi connectivity index (χ1v) is 12.2. The van der Waals surface area contributed by atoms with Crippen molar-refractivity contribution in [2.75, 3.05) is 17.3 Å². The van der Waals surface area contributed by atoms with Gasteiger partial charge in [0.05, 0.1) is 17.3 Å². The Morgan fingerprint density at radius 3 is 2.68 bits per heavy atom. The number of benzene rings is 1. The number of carbonyl (C=O) groups is 1. The summed E-state index contributed by atoms with van der Waals surface area (Å²) < 4.78 is 23.7. The summed E-state index contributed by atoms with van der Waals surface area (Å²) in [5.74, 6) is 1.00. The number of rotatable bonds is 7. The molecule has 2 heterocycles. The lowest BCUT2D eigenvalue weighted by atomic mass is 10.1. The van der Waals surface area contributed by atoms with Crippen LogP contribution in [0.15, 0.2) is 29.4 Å². The number of nitrogens with zero attached hydrogens (tertiary/aromatic N) is 3. The Bertz CT molecular complexity index is 925. The third kappa shape index (κ3) is 4.94. The van der Waals surface area contributed by atoms with Crippen molar-refractivity contribution >= 4 is 27.5 Å². The Morgan fingerprint density at radius 2 is 2.07 bits per heavy atom. The highest BCUT2D eigenvalue weighted by Gasteiger charge is 2.36. The second kappa shape index (κ2) is 8.65. The molecule has 28 heavy (non-hydrogen) atoms. The van der Waals surface area contributed by atoms with Crippen molar-refractivity contribution in [3.63, 3.8) is 0 Å². The molecule has 0 radical (unpaired) electrons. The van der Waals surface area contributed by atoms with Gasteiger partial charge in [-0.3, -0.25) is 9.89 Å². The molecule has 152 valence electrons. The summed E-state index contributed by atoms with van der Waals surface area (Å²) in [6.07, 6.45) is 1.30. The minimum atomic E-state index is -3.04. The molecule has 7 nitrogen and oxygen atoms in total. The van der Waals surface area contributed by atoms with Gasteiger partial charge in [-0.05, 0) is 26.7 Å². The van der Waals surface area contributed by atoms with E-state index in [2.05, 4.69) is 15.2 Å². The molecule has 0 unspecified atom stereocenters. The summed E-state index contributed by atoms with van der Waals surface area (Å²) in [7, 11) is -3.04. The quantitative estimate of drug-likeness (QED) is 0.689. The van der Waals surface area contributed by atoms with Crippen LogP contribution in [-0.2, 0) is 14.6 Å². The van der Waals surface area contributed by atoms with Gasteiger partial charge in [-0.25, -0.2) is 13.4 Å². The summed E-state index contributed by atoms with van der Waals surface area (Å²) in [5, 5.41) is 7.61. The Labute approximate surface area is 170 Å². The number of hydrogen-bond donors (Lipinski definition) is 1. The van der Waals surface area contributed by atoms with Crippen LogP contribution in [0.25, 0.3) is 11.4 Å². The van der Waals surface area contributed by atoms with Crippen LogP contribution in [0.4, 0.5) is 0 Å². The number of hydrogen-bond acceptors (Lipinski definition) is 6. The average molecular weight is 423 g/mol. The first-order chi connectivity index (χ1) is 13.3.